The van der Waals surface area contributed by atoms with Gasteiger partial charge < -0.3 is 22.1 Å². The van der Waals surface area contributed by atoms with E-state index in [1.54, 1.807) is 0 Å². The Labute approximate surface area is 374 Å². The first kappa shape index (κ1) is 34.7. The first-order valence-electron chi connectivity index (χ1n) is 22.4. The topological polar surface area (TPSA) is 65.7 Å². The van der Waals surface area contributed by atoms with Gasteiger partial charge in [0.25, 0.3) is 0 Å². The largest absolute Gasteiger partial charge is 0.456 e. The summed E-state index contributed by atoms with van der Waals surface area (Å²) >= 11 is 0. The molecule has 0 spiro atoms. The van der Waals surface area contributed by atoms with Crippen LogP contribution in [0, 0.1) is 0 Å². The van der Waals surface area contributed by atoms with Gasteiger partial charge in [-0.2, -0.15) is 0 Å². The Kier molecular flexibility index (Phi) is 6.55. The fourth-order valence-electron chi connectivity index (χ4n) is 11.0. The molecule has 0 atom stereocenters. The van der Waals surface area contributed by atoms with E-state index in [4.69, 9.17) is 22.1 Å². The summed E-state index contributed by atoms with van der Waals surface area (Å²) in [4.78, 5) is 0. The standard InChI is InChI=1S/C61H32O5/c1-2-6-40-38(5-1)21-39-10-9-32(22-42(39)40)34-12-17-54-44(24-34)48-28-59-50(30-58(48)63-54)46-26-36(14-19-56(46)65-59)37-15-20-57-47(27-37)51-31-60-49(29-61(51)66-57)45-25-35(13-18-55(45)64-60)33-11-16-53-43(23-33)41-7-3-4-8-52(41)62-53/h1-20,22-31H,21H2. The highest BCUT2D eigenvalue weighted by molar-refractivity contribution is 6.18. The van der Waals surface area contributed by atoms with Crippen LogP contribution in [0.4, 0.5) is 0 Å². The van der Waals surface area contributed by atoms with Crippen molar-refractivity contribution in [2.75, 3.05) is 0 Å². The first-order valence-corrected chi connectivity index (χ1v) is 22.4. The molecule has 0 bridgehead atoms. The van der Waals surface area contributed by atoms with E-state index in [-0.39, 0.29) is 0 Å². The van der Waals surface area contributed by atoms with Crippen LogP contribution in [0.25, 0.3) is 154 Å². The second-order valence-corrected chi connectivity index (χ2v) is 18.0. The van der Waals surface area contributed by atoms with Gasteiger partial charge in [0.05, 0.1) is 0 Å². The zero-order valence-corrected chi connectivity index (χ0v) is 35.1. The molecule has 16 rings (SSSR count). The maximum Gasteiger partial charge on any atom is 0.136 e. The molecular formula is C61H32O5. The van der Waals surface area contributed by atoms with Gasteiger partial charge in [0.15, 0.2) is 0 Å². The molecule has 10 aromatic carbocycles. The minimum atomic E-state index is 0.824. The summed E-state index contributed by atoms with van der Waals surface area (Å²) in [6.07, 6.45) is 0.989. The molecule has 0 saturated heterocycles. The third-order valence-electron chi connectivity index (χ3n) is 14.3. The van der Waals surface area contributed by atoms with Crippen LogP contribution in [-0.4, -0.2) is 0 Å². The number of hydrogen-bond donors (Lipinski definition) is 0. The second kappa shape index (κ2) is 12.5. The fourth-order valence-corrected chi connectivity index (χ4v) is 11.0. The Bertz CT molecular complexity index is 4620. The van der Waals surface area contributed by atoms with Crippen LogP contribution >= 0.6 is 0 Å². The average Bonchev–Trinajstić information content (AvgIpc) is 4.22. The van der Waals surface area contributed by atoms with Crippen LogP contribution in [0.5, 0.6) is 0 Å². The van der Waals surface area contributed by atoms with E-state index in [0.29, 0.717) is 0 Å². The van der Waals surface area contributed by atoms with E-state index in [0.717, 1.165) is 138 Å². The Balaban J connectivity index is 0.761. The highest BCUT2D eigenvalue weighted by atomic mass is 16.3. The third kappa shape index (κ3) is 4.83. The maximum atomic E-state index is 6.54. The van der Waals surface area contributed by atoms with Crippen molar-refractivity contribution in [1.82, 2.24) is 0 Å². The van der Waals surface area contributed by atoms with Crippen molar-refractivity contribution < 1.29 is 22.1 Å². The van der Waals surface area contributed by atoms with Crippen molar-refractivity contribution in [2.24, 2.45) is 0 Å². The molecule has 306 valence electrons. The van der Waals surface area contributed by atoms with Gasteiger partial charge in [-0.05, 0) is 159 Å². The molecule has 66 heavy (non-hydrogen) atoms. The van der Waals surface area contributed by atoms with Gasteiger partial charge in [-0.3, -0.25) is 0 Å². The number of fused-ring (bicyclic) bond motifs is 18. The minimum absolute atomic E-state index is 0.824. The molecule has 0 amide bonds. The summed E-state index contributed by atoms with van der Waals surface area (Å²) in [6, 6.07) is 64.5. The van der Waals surface area contributed by atoms with Gasteiger partial charge >= 0.3 is 0 Å². The Morgan fingerprint density at radius 2 is 0.530 bits per heavy atom. The van der Waals surface area contributed by atoms with Crippen LogP contribution in [0.1, 0.15) is 11.1 Å². The number of para-hydroxylation sites is 1. The summed E-state index contributed by atoms with van der Waals surface area (Å²) in [7, 11) is 0. The summed E-state index contributed by atoms with van der Waals surface area (Å²) < 4.78 is 32.2. The van der Waals surface area contributed by atoms with E-state index < -0.39 is 0 Å². The predicted molar refractivity (Wildman–Crippen MR) is 267 cm³/mol. The smallest absolute Gasteiger partial charge is 0.136 e. The van der Waals surface area contributed by atoms with E-state index >= 15 is 0 Å². The quantitative estimate of drug-likeness (QED) is 0.177. The Morgan fingerprint density at radius 1 is 0.212 bits per heavy atom. The monoisotopic (exact) mass is 844 g/mol. The normalized spacial score (nSPS) is 12.8. The van der Waals surface area contributed by atoms with Crippen LogP contribution in [0.15, 0.2) is 204 Å². The highest BCUT2D eigenvalue weighted by Crippen LogP contribution is 2.44. The van der Waals surface area contributed by atoms with Crippen molar-refractivity contribution in [3.63, 3.8) is 0 Å². The zero-order chi connectivity index (χ0) is 42.8. The van der Waals surface area contributed by atoms with Crippen molar-refractivity contribution in [2.45, 2.75) is 6.42 Å². The highest BCUT2D eigenvalue weighted by Gasteiger charge is 2.21. The van der Waals surface area contributed by atoms with Gasteiger partial charge in [-0.25, -0.2) is 0 Å². The summed E-state index contributed by atoms with van der Waals surface area (Å²) in [6.45, 7) is 0. The predicted octanol–water partition coefficient (Wildman–Crippen LogP) is 17.8. The number of hydrogen-bond acceptors (Lipinski definition) is 5. The van der Waals surface area contributed by atoms with Crippen LogP contribution in [-0.2, 0) is 6.42 Å². The molecule has 0 aliphatic heterocycles. The lowest BCUT2D eigenvalue weighted by Gasteiger charge is -2.06. The summed E-state index contributed by atoms with van der Waals surface area (Å²) in [5.74, 6) is 0. The van der Waals surface area contributed by atoms with Crippen molar-refractivity contribution in [1.29, 1.82) is 0 Å². The lowest BCUT2D eigenvalue weighted by Crippen LogP contribution is -1.83. The van der Waals surface area contributed by atoms with E-state index in [2.05, 4.69) is 170 Å². The van der Waals surface area contributed by atoms with Crippen molar-refractivity contribution >= 4 is 110 Å². The second-order valence-electron chi connectivity index (χ2n) is 18.0. The molecule has 5 aromatic heterocycles. The molecule has 0 unspecified atom stereocenters. The van der Waals surface area contributed by atoms with Gasteiger partial charge in [-0.15, -0.1) is 0 Å². The average molecular weight is 845 g/mol. The lowest BCUT2D eigenvalue weighted by atomic mass is 9.97. The molecule has 5 nitrogen and oxygen atoms in total. The van der Waals surface area contributed by atoms with Gasteiger partial charge in [0, 0.05) is 53.9 Å². The molecular weight excluding hydrogens is 813 g/mol. The van der Waals surface area contributed by atoms with Gasteiger partial charge in [-0.1, -0.05) is 84.9 Å². The number of rotatable bonds is 3. The molecule has 0 fully saturated rings. The van der Waals surface area contributed by atoms with Gasteiger partial charge in [0.1, 0.15) is 55.8 Å². The third-order valence-corrected chi connectivity index (χ3v) is 14.3. The molecule has 1 aliphatic rings. The first-order chi connectivity index (χ1) is 32.6. The van der Waals surface area contributed by atoms with E-state index in [9.17, 15) is 0 Å². The lowest BCUT2D eigenvalue weighted by molar-refractivity contribution is 0.664. The van der Waals surface area contributed by atoms with E-state index in [1.807, 2.05) is 12.1 Å². The van der Waals surface area contributed by atoms with Crippen LogP contribution in [0.3, 0.4) is 0 Å². The Morgan fingerprint density at radius 3 is 1.00 bits per heavy atom. The molecule has 15 aromatic rings. The molecule has 1 aliphatic carbocycles. The molecule has 5 heterocycles. The van der Waals surface area contributed by atoms with Crippen molar-refractivity contribution in [3.8, 4) is 44.5 Å². The van der Waals surface area contributed by atoms with Crippen molar-refractivity contribution in [3.05, 3.63) is 193 Å². The molecule has 5 heteroatoms. The van der Waals surface area contributed by atoms with Gasteiger partial charge in [0.2, 0.25) is 0 Å². The summed E-state index contributed by atoms with van der Waals surface area (Å²) in [5.41, 5.74) is 20.7. The molecule has 0 N–H and O–H groups in total. The molecule has 0 radical (unpaired) electrons. The van der Waals surface area contributed by atoms with Crippen LogP contribution in [0.2, 0.25) is 0 Å². The number of benzene rings is 10. The Hall–Kier alpha value is -8.80. The van der Waals surface area contributed by atoms with Crippen LogP contribution < -0.4 is 0 Å². The maximum absolute atomic E-state index is 6.54. The molecule has 0 saturated carbocycles. The SMILES string of the molecule is c1ccc2c(c1)Cc1ccc(-c3ccc4oc5cc6c(cc5c4c3)oc3ccc(-c4ccc5oc7cc8c(cc7c5c4)oc4ccc(-c5ccc7oc9ccccc9c7c5)cc48)cc36)cc1-2. The van der Waals surface area contributed by atoms with E-state index in [1.165, 1.54) is 33.4 Å². The zero-order valence-electron chi connectivity index (χ0n) is 35.1. The summed E-state index contributed by atoms with van der Waals surface area (Å²) in [5, 5.41) is 10.5. The number of furan rings is 5. The minimum Gasteiger partial charge on any atom is -0.456 e. The fraction of sp³-hybridized carbons (Fsp3) is 0.0164.